The van der Waals surface area contributed by atoms with E-state index in [0.717, 1.165) is 5.56 Å². The number of alkyl halides is 1. The molecular weight excluding hydrogens is 292 g/mol. The molecule has 2 rings (SSSR count). The summed E-state index contributed by atoms with van der Waals surface area (Å²) in [6.07, 6.45) is 0. The number of aliphatic imine (C=N–C) groups is 1. The van der Waals surface area contributed by atoms with E-state index >= 15 is 0 Å². The summed E-state index contributed by atoms with van der Waals surface area (Å²) >= 11 is 5.60. The van der Waals surface area contributed by atoms with E-state index in [1.165, 1.54) is 6.92 Å². The van der Waals surface area contributed by atoms with Gasteiger partial charge in [-0.1, -0.05) is 0 Å². The number of ketones is 1. The molecule has 1 aromatic heterocycles. The number of carbonyl (C=O) groups excluding carboxylic acids is 1. The third kappa shape index (κ3) is 3.44. The van der Waals surface area contributed by atoms with Gasteiger partial charge in [-0.05, 0) is 24.3 Å². The van der Waals surface area contributed by atoms with E-state index < -0.39 is 0 Å². The molecule has 0 aliphatic carbocycles. The summed E-state index contributed by atoms with van der Waals surface area (Å²) in [5.74, 6) is 1.78. The van der Waals surface area contributed by atoms with Gasteiger partial charge in [0.05, 0.1) is 24.2 Å². The van der Waals surface area contributed by atoms with Crippen LogP contribution in [0.2, 0.25) is 0 Å². The van der Waals surface area contributed by atoms with E-state index in [2.05, 4.69) is 4.99 Å². The number of rotatable bonds is 5. The molecule has 6 heteroatoms. The highest BCUT2D eigenvalue weighted by Crippen LogP contribution is 2.34. The number of ether oxygens (including phenoxy) is 1. The number of hydrogen-bond acceptors (Lipinski definition) is 4. The second-order valence-corrected chi connectivity index (χ2v) is 4.61. The number of carbonyl (C=O) groups is 1. The van der Waals surface area contributed by atoms with Gasteiger partial charge in [-0.25, -0.2) is 4.99 Å². The smallest absolute Gasteiger partial charge is 0.194 e. The Morgan fingerprint density at radius 2 is 2.14 bits per heavy atom. The average molecular weight is 307 g/mol. The Morgan fingerprint density at radius 3 is 2.71 bits per heavy atom. The van der Waals surface area contributed by atoms with Gasteiger partial charge >= 0.3 is 0 Å². The molecule has 0 spiro atoms. The molecule has 5 nitrogen and oxygen atoms in total. The number of hydrogen-bond donors (Lipinski definition) is 1. The fourth-order valence-electron chi connectivity index (χ4n) is 1.82. The molecule has 21 heavy (non-hydrogen) atoms. The molecule has 0 atom stereocenters. The summed E-state index contributed by atoms with van der Waals surface area (Å²) in [5, 5.41) is 0. The number of furan rings is 1. The zero-order chi connectivity index (χ0) is 15.4. The van der Waals surface area contributed by atoms with Crippen LogP contribution < -0.4 is 10.5 Å². The summed E-state index contributed by atoms with van der Waals surface area (Å²) in [5.41, 5.74) is 6.97. The van der Waals surface area contributed by atoms with Crippen molar-refractivity contribution in [1.82, 2.24) is 0 Å². The van der Waals surface area contributed by atoms with Gasteiger partial charge in [-0.3, -0.25) is 4.79 Å². The van der Waals surface area contributed by atoms with Crippen molar-refractivity contribution in [2.45, 2.75) is 6.92 Å². The van der Waals surface area contributed by atoms with Gasteiger partial charge in [-0.15, -0.1) is 11.6 Å². The first-order valence-electron chi connectivity index (χ1n) is 6.23. The van der Waals surface area contributed by atoms with Crippen LogP contribution in [0.15, 0.2) is 39.7 Å². The molecule has 0 unspecified atom stereocenters. The standard InChI is InChI=1S/C15H15ClN2O3/c1-9(19)12-5-6-13(21-12)11-4-3-10(7-14(11)20-2)18-15(17)8-16/h3-7H,8H2,1-2H3,(H2,17,18). The number of amidine groups is 1. The van der Waals surface area contributed by atoms with Gasteiger partial charge in [-0.2, -0.15) is 0 Å². The highest BCUT2D eigenvalue weighted by atomic mass is 35.5. The summed E-state index contributed by atoms with van der Waals surface area (Å²) in [6.45, 7) is 1.45. The number of benzene rings is 1. The van der Waals surface area contributed by atoms with Gasteiger partial charge in [0.1, 0.15) is 17.3 Å². The van der Waals surface area contributed by atoms with Crippen LogP contribution in [0.5, 0.6) is 5.75 Å². The second-order valence-electron chi connectivity index (χ2n) is 4.34. The van der Waals surface area contributed by atoms with Crippen LogP contribution >= 0.6 is 11.6 Å². The molecule has 0 saturated heterocycles. The highest BCUT2D eigenvalue weighted by Gasteiger charge is 2.13. The number of nitrogens with two attached hydrogens (primary N) is 1. The number of halogens is 1. The van der Waals surface area contributed by atoms with Crippen LogP contribution in [-0.4, -0.2) is 24.6 Å². The fraction of sp³-hybridized carbons (Fsp3) is 0.200. The minimum absolute atomic E-state index is 0.128. The van der Waals surface area contributed by atoms with Crippen molar-refractivity contribution >= 4 is 28.9 Å². The molecule has 110 valence electrons. The van der Waals surface area contributed by atoms with Gasteiger partial charge in [0.25, 0.3) is 0 Å². The lowest BCUT2D eigenvalue weighted by Gasteiger charge is -2.07. The first-order valence-corrected chi connectivity index (χ1v) is 6.76. The Labute approximate surface area is 127 Å². The van der Waals surface area contributed by atoms with Crippen LogP contribution in [0, 0.1) is 0 Å². The van der Waals surface area contributed by atoms with Crippen molar-refractivity contribution in [3.8, 4) is 17.1 Å². The molecule has 0 aliphatic heterocycles. The van der Waals surface area contributed by atoms with Crippen molar-refractivity contribution in [2.75, 3.05) is 13.0 Å². The topological polar surface area (TPSA) is 77.8 Å². The van der Waals surface area contributed by atoms with Crippen LogP contribution in [-0.2, 0) is 0 Å². The first kappa shape index (κ1) is 15.1. The minimum atomic E-state index is -0.128. The van der Waals surface area contributed by atoms with Crippen molar-refractivity contribution in [3.63, 3.8) is 0 Å². The third-order valence-electron chi connectivity index (χ3n) is 2.81. The lowest BCUT2D eigenvalue weighted by atomic mass is 10.1. The molecular formula is C15H15ClN2O3. The Hall–Kier alpha value is -2.27. The fourth-order valence-corrected chi connectivity index (χ4v) is 1.88. The zero-order valence-corrected chi connectivity index (χ0v) is 12.5. The maximum absolute atomic E-state index is 11.3. The maximum atomic E-state index is 11.3. The molecule has 0 fully saturated rings. The van der Waals surface area contributed by atoms with E-state index in [0.29, 0.717) is 28.8 Å². The van der Waals surface area contributed by atoms with E-state index in [9.17, 15) is 4.79 Å². The van der Waals surface area contributed by atoms with Gasteiger partial charge in [0, 0.05) is 13.0 Å². The summed E-state index contributed by atoms with van der Waals surface area (Å²) < 4.78 is 10.8. The number of Topliss-reactive ketones (excluding diaryl/α,β-unsaturated/α-hetero) is 1. The van der Waals surface area contributed by atoms with Crippen LogP contribution in [0.1, 0.15) is 17.5 Å². The molecule has 1 aromatic carbocycles. The molecule has 2 N–H and O–H groups in total. The lowest BCUT2D eigenvalue weighted by Crippen LogP contribution is -2.12. The van der Waals surface area contributed by atoms with Crippen LogP contribution in [0.4, 0.5) is 5.69 Å². The quantitative estimate of drug-likeness (QED) is 0.397. The van der Waals surface area contributed by atoms with Crippen molar-refractivity contribution < 1.29 is 13.9 Å². The lowest BCUT2D eigenvalue weighted by molar-refractivity contribution is 0.0988. The Kier molecular flexibility index (Phi) is 4.65. The first-order chi connectivity index (χ1) is 10.0. The molecule has 0 bridgehead atoms. The van der Waals surface area contributed by atoms with E-state index in [4.69, 9.17) is 26.5 Å². The molecule has 1 heterocycles. The van der Waals surface area contributed by atoms with E-state index in [1.54, 1.807) is 37.4 Å². The van der Waals surface area contributed by atoms with Gasteiger partial charge in [0.2, 0.25) is 0 Å². The molecule has 0 saturated carbocycles. The average Bonchev–Trinajstić information content (AvgIpc) is 2.96. The highest BCUT2D eigenvalue weighted by molar-refractivity contribution is 6.28. The van der Waals surface area contributed by atoms with Crippen molar-refractivity contribution in [2.24, 2.45) is 10.7 Å². The monoisotopic (exact) mass is 306 g/mol. The van der Waals surface area contributed by atoms with Crippen molar-refractivity contribution in [1.29, 1.82) is 0 Å². The van der Waals surface area contributed by atoms with Crippen LogP contribution in [0.25, 0.3) is 11.3 Å². The summed E-state index contributed by atoms with van der Waals surface area (Å²) in [6, 6.07) is 8.65. The third-order valence-corrected chi connectivity index (χ3v) is 3.09. The number of methoxy groups -OCH3 is 1. The molecule has 0 amide bonds. The predicted molar refractivity (Wildman–Crippen MR) is 82.7 cm³/mol. The van der Waals surface area contributed by atoms with Crippen LogP contribution in [0.3, 0.4) is 0 Å². The minimum Gasteiger partial charge on any atom is -0.496 e. The summed E-state index contributed by atoms with van der Waals surface area (Å²) in [7, 11) is 1.55. The van der Waals surface area contributed by atoms with E-state index in [1.807, 2.05) is 0 Å². The molecule has 2 aromatic rings. The molecule has 0 radical (unpaired) electrons. The Balaban J connectivity index is 2.42. The maximum Gasteiger partial charge on any atom is 0.194 e. The zero-order valence-electron chi connectivity index (χ0n) is 11.7. The van der Waals surface area contributed by atoms with E-state index in [-0.39, 0.29) is 11.7 Å². The normalized spacial score (nSPS) is 11.5. The number of nitrogens with zero attached hydrogens (tertiary/aromatic N) is 1. The second kappa shape index (κ2) is 6.45. The Bertz CT molecular complexity index is 692. The SMILES string of the molecule is COc1cc(N=C(N)CCl)ccc1-c1ccc(C(C)=O)o1. The molecule has 0 aliphatic rings. The Morgan fingerprint density at radius 1 is 1.38 bits per heavy atom. The van der Waals surface area contributed by atoms with Gasteiger partial charge < -0.3 is 14.9 Å². The largest absolute Gasteiger partial charge is 0.496 e. The summed E-state index contributed by atoms with van der Waals surface area (Å²) in [4.78, 5) is 15.4. The predicted octanol–water partition coefficient (Wildman–Crippen LogP) is 3.39. The van der Waals surface area contributed by atoms with Crippen molar-refractivity contribution in [3.05, 3.63) is 36.1 Å². The van der Waals surface area contributed by atoms with Gasteiger partial charge in [0.15, 0.2) is 11.5 Å².